The van der Waals surface area contributed by atoms with E-state index in [-0.39, 0.29) is 55.1 Å². The quantitative estimate of drug-likeness (QED) is 0.103. The van der Waals surface area contributed by atoms with Crippen molar-refractivity contribution in [3.63, 3.8) is 0 Å². The average molecular weight is 723 g/mol. The van der Waals surface area contributed by atoms with Crippen molar-refractivity contribution >= 4 is 22.9 Å². The van der Waals surface area contributed by atoms with Crippen LogP contribution in [0.3, 0.4) is 0 Å². The van der Waals surface area contributed by atoms with Crippen LogP contribution in [0.1, 0.15) is 41.5 Å². The predicted molar refractivity (Wildman–Crippen MR) is 183 cm³/mol. The molecule has 3 aromatic carbocycles. The maximum atomic E-state index is 13.0. The zero-order chi connectivity index (χ0) is 37.0. The molecule has 1 unspecified atom stereocenters. The summed E-state index contributed by atoms with van der Waals surface area (Å²) in [5.41, 5.74) is 6.73. The number of ether oxygens (including phenoxy) is 4. The van der Waals surface area contributed by atoms with Gasteiger partial charge in [-0.2, -0.15) is 23.3 Å². The molecule has 0 radical (unpaired) electrons. The zero-order valence-electron chi connectivity index (χ0n) is 28.2. The van der Waals surface area contributed by atoms with Gasteiger partial charge in [-0.3, -0.25) is 14.6 Å². The summed E-state index contributed by atoms with van der Waals surface area (Å²) in [6, 6.07) is 24.6. The number of aromatic amines is 1. The van der Waals surface area contributed by atoms with Gasteiger partial charge in [-0.15, -0.1) is 0 Å². The lowest BCUT2D eigenvalue weighted by Gasteiger charge is -2.37. The lowest BCUT2D eigenvalue weighted by molar-refractivity contribution is -0.173. The number of fused-ring (bicyclic) bond motifs is 1. The van der Waals surface area contributed by atoms with Gasteiger partial charge in [0.15, 0.2) is 11.9 Å². The second-order valence-electron chi connectivity index (χ2n) is 12.1. The molecule has 0 bridgehead atoms. The monoisotopic (exact) mass is 722 g/mol. The van der Waals surface area contributed by atoms with E-state index in [1.807, 2.05) is 78.9 Å². The molecule has 0 aliphatic carbocycles. The topological polar surface area (TPSA) is 176 Å². The number of halogens is 3. The lowest BCUT2D eigenvalue weighted by atomic mass is 9.80. The molecule has 0 spiro atoms. The van der Waals surface area contributed by atoms with Gasteiger partial charge in [0.05, 0.1) is 32.6 Å². The number of methoxy groups -OCH3 is 2. The molecular formula is C36H37F3N6O7. The third kappa shape index (κ3) is 7.30. The molecule has 5 aromatic rings. The number of alkyl halides is 3. The Labute approximate surface area is 295 Å². The summed E-state index contributed by atoms with van der Waals surface area (Å²) in [7, 11) is 3.16. The third-order valence-corrected chi connectivity index (χ3v) is 8.90. The average Bonchev–Trinajstić information content (AvgIpc) is 3.70. The van der Waals surface area contributed by atoms with Gasteiger partial charge in [-0.1, -0.05) is 54.6 Å². The van der Waals surface area contributed by atoms with Crippen LogP contribution in [0.2, 0.25) is 0 Å². The number of carbonyl (C=O) groups is 1. The zero-order valence-corrected chi connectivity index (χ0v) is 28.2. The minimum Gasteiger partial charge on any atom is -0.497 e. The highest BCUT2D eigenvalue weighted by Crippen LogP contribution is 2.43. The van der Waals surface area contributed by atoms with E-state index in [9.17, 15) is 27.9 Å². The highest BCUT2D eigenvalue weighted by molar-refractivity contribution is 5.81. The van der Waals surface area contributed by atoms with Crippen molar-refractivity contribution in [2.45, 2.75) is 49.5 Å². The molecule has 6 rings (SSSR count). The highest BCUT2D eigenvalue weighted by Gasteiger charge is 2.43. The van der Waals surface area contributed by atoms with Crippen molar-refractivity contribution in [1.29, 1.82) is 0 Å². The molecule has 274 valence electrons. The Morgan fingerprint density at radius 2 is 1.60 bits per heavy atom. The fourth-order valence-electron chi connectivity index (χ4n) is 6.36. The molecule has 1 aliphatic rings. The van der Waals surface area contributed by atoms with Crippen molar-refractivity contribution in [2.24, 2.45) is 0 Å². The first kappa shape index (κ1) is 36.3. The minimum absolute atomic E-state index is 0.0292. The Morgan fingerprint density at radius 1 is 1.00 bits per heavy atom. The van der Waals surface area contributed by atoms with Crippen LogP contribution in [0, 0.1) is 0 Å². The van der Waals surface area contributed by atoms with Crippen LogP contribution in [0.15, 0.2) is 83.7 Å². The van der Waals surface area contributed by atoms with Gasteiger partial charge in [0, 0.05) is 13.0 Å². The Morgan fingerprint density at radius 3 is 2.17 bits per heavy atom. The van der Waals surface area contributed by atoms with Gasteiger partial charge >= 0.3 is 12.1 Å². The van der Waals surface area contributed by atoms with Crippen LogP contribution in [-0.2, 0) is 26.3 Å². The molecule has 52 heavy (non-hydrogen) atoms. The Balaban J connectivity index is 1.30. The van der Waals surface area contributed by atoms with Gasteiger partial charge in [-0.25, -0.2) is 4.68 Å². The molecule has 1 amide bonds. The summed E-state index contributed by atoms with van der Waals surface area (Å²) in [6.07, 6.45) is -7.72. The van der Waals surface area contributed by atoms with Crippen LogP contribution in [0.25, 0.3) is 11.0 Å². The van der Waals surface area contributed by atoms with Crippen LogP contribution in [0.5, 0.6) is 11.5 Å². The standard InChI is InChI=1S/C36H37F3N6O7/c1-49-24-14-10-22(11-15-24)35(21-7-4-3-5-8-21,23-12-16-25(50-2)17-13-23)51-20-28-27(46)19-29(52-28)45-31-30(32(47)43-34(40)42-31)26(44-45)9-6-18-41-33(48)36(37,38)39/h3-5,7-8,10-17,27-29,46H,6,9,18-20H2,1-2H3,(H,41,48)(H3,40,42,43,47)/t27?,28-,29-/m1/s1. The number of aliphatic hydroxyl groups excluding tert-OH is 1. The summed E-state index contributed by atoms with van der Waals surface area (Å²) < 4.78 is 63.3. The number of aliphatic hydroxyl groups is 1. The van der Waals surface area contributed by atoms with E-state index in [4.69, 9.17) is 24.7 Å². The van der Waals surface area contributed by atoms with Gasteiger partial charge in [0.1, 0.15) is 28.6 Å². The normalized spacial score (nSPS) is 17.7. The van der Waals surface area contributed by atoms with Crippen molar-refractivity contribution in [3.05, 3.63) is 112 Å². The van der Waals surface area contributed by atoms with Crippen molar-refractivity contribution in [2.75, 3.05) is 33.1 Å². The number of nitrogen functional groups attached to an aromatic ring is 1. The summed E-state index contributed by atoms with van der Waals surface area (Å²) >= 11 is 0. The number of amides is 1. The number of nitrogens with zero attached hydrogens (tertiary/aromatic N) is 3. The summed E-state index contributed by atoms with van der Waals surface area (Å²) in [5.74, 6) is -0.940. The first-order chi connectivity index (χ1) is 24.9. The molecular weight excluding hydrogens is 685 g/mol. The first-order valence-corrected chi connectivity index (χ1v) is 16.4. The van der Waals surface area contributed by atoms with Crippen molar-refractivity contribution < 1.29 is 42.0 Å². The van der Waals surface area contributed by atoms with Crippen molar-refractivity contribution in [1.82, 2.24) is 25.1 Å². The largest absolute Gasteiger partial charge is 0.497 e. The number of carbonyl (C=O) groups excluding carboxylic acids is 1. The molecule has 13 nitrogen and oxygen atoms in total. The molecule has 0 saturated carbocycles. The maximum Gasteiger partial charge on any atom is 0.471 e. The van der Waals surface area contributed by atoms with E-state index >= 15 is 0 Å². The number of hydrogen-bond acceptors (Lipinski definition) is 10. The molecule has 1 fully saturated rings. The van der Waals surface area contributed by atoms with E-state index in [0.717, 1.165) is 16.7 Å². The van der Waals surface area contributed by atoms with Gasteiger partial charge in [0.25, 0.3) is 5.56 Å². The number of nitrogens with two attached hydrogens (primary N) is 1. The Hall–Kier alpha value is -5.45. The number of nitrogens with one attached hydrogen (secondary N) is 2. The second-order valence-corrected chi connectivity index (χ2v) is 12.1. The molecule has 1 aliphatic heterocycles. The maximum absolute atomic E-state index is 13.0. The molecule has 5 N–H and O–H groups in total. The van der Waals surface area contributed by atoms with E-state index in [2.05, 4.69) is 15.1 Å². The number of aromatic nitrogens is 4. The van der Waals surface area contributed by atoms with E-state index in [1.165, 1.54) is 4.68 Å². The van der Waals surface area contributed by atoms with Crippen LogP contribution < -0.4 is 26.1 Å². The van der Waals surface area contributed by atoms with Gasteiger partial charge in [0.2, 0.25) is 5.95 Å². The fraction of sp³-hybridized carbons (Fsp3) is 0.333. The Bertz CT molecular complexity index is 2010. The number of H-pyrrole nitrogens is 1. The van der Waals surface area contributed by atoms with E-state index in [1.54, 1.807) is 19.5 Å². The number of benzene rings is 3. The van der Waals surface area contributed by atoms with E-state index in [0.29, 0.717) is 11.5 Å². The third-order valence-electron chi connectivity index (χ3n) is 8.90. The predicted octanol–water partition coefficient (Wildman–Crippen LogP) is 3.99. The minimum atomic E-state index is -5.02. The fourth-order valence-corrected chi connectivity index (χ4v) is 6.36. The SMILES string of the molecule is COc1ccc(C(OC[C@H]2O[C@@H](n3nc(CCCNC(=O)C(F)(F)F)c4c(=O)[nH]c(N)nc43)CC2O)(c2ccccc2)c2ccc(OC)cc2)cc1. The molecule has 3 heterocycles. The van der Waals surface area contributed by atoms with Gasteiger partial charge < -0.3 is 35.1 Å². The number of anilines is 1. The Kier molecular flexibility index (Phi) is 10.5. The lowest BCUT2D eigenvalue weighted by Crippen LogP contribution is -2.38. The number of rotatable bonds is 13. The first-order valence-electron chi connectivity index (χ1n) is 16.4. The molecule has 3 atom stereocenters. The van der Waals surface area contributed by atoms with E-state index < -0.39 is 41.7 Å². The number of aryl methyl sites for hydroxylation is 1. The second kappa shape index (κ2) is 15.0. The molecule has 1 saturated heterocycles. The smallest absolute Gasteiger partial charge is 0.471 e. The van der Waals surface area contributed by atoms with Crippen LogP contribution in [-0.4, -0.2) is 76.5 Å². The highest BCUT2D eigenvalue weighted by atomic mass is 19.4. The van der Waals surface area contributed by atoms with Crippen LogP contribution >= 0.6 is 0 Å². The van der Waals surface area contributed by atoms with Crippen molar-refractivity contribution in [3.8, 4) is 11.5 Å². The number of hydrogen-bond donors (Lipinski definition) is 4. The summed E-state index contributed by atoms with van der Waals surface area (Å²) in [4.78, 5) is 30.9. The summed E-state index contributed by atoms with van der Waals surface area (Å²) in [5, 5.41) is 17.7. The van der Waals surface area contributed by atoms with Gasteiger partial charge in [-0.05, 0) is 53.8 Å². The molecule has 2 aromatic heterocycles. The molecule has 16 heteroatoms. The van der Waals surface area contributed by atoms with Crippen LogP contribution in [0.4, 0.5) is 19.1 Å². The summed E-state index contributed by atoms with van der Waals surface area (Å²) in [6.45, 7) is -0.400.